The first-order valence-corrected chi connectivity index (χ1v) is 11.4. The number of carbonyl (C=O) groups excluding carboxylic acids is 1. The first kappa shape index (κ1) is 26.5. The number of likely N-dealkylation sites (tertiary alicyclic amines) is 1. The quantitative estimate of drug-likeness (QED) is 0.217. The van der Waals surface area contributed by atoms with E-state index in [1.807, 2.05) is 17.0 Å². The highest BCUT2D eigenvalue weighted by molar-refractivity contribution is 14.0. The van der Waals surface area contributed by atoms with E-state index in [1.165, 1.54) is 0 Å². The Balaban J connectivity index is 0.00000363. The van der Waals surface area contributed by atoms with Gasteiger partial charge in [-0.2, -0.15) is 0 Å². The van der Waals surface area contributed by atoms with Crippen molar-refractivity contribution >= 4 is 35.8 Å². The maximum Gasteiger partial charge on any atom is 0.222 e. The monoisotopic (exact) mass is 559 g/mol. The van der Waals surface area contributed by atoms with Gasteiger partial charge in [0.15, 0.2) is 5.96 Å². The molecule has 2 aliphatic rings. The molecule has 2 saturated heterocycles. The molecule has 3 rings (SSSR count). The van der Waals surface area contributed by atoms with Crippen molar-refractivity contribution in [2.75, 3.05) is 66.6 Å². The molecule has 0 aromatic heterocycles. The number of hydrogen-bond donors (Lipinski definition) is 1. The minimum Gasteiger partial charge on any atom is -0.497 e. The van der Waals surface area contributed by atoms with E-state index in [0.29, 0.717) is 12.3 Å². The highest BCUT2D eigenvalue weighted by atomic mass is 127. The minimum atomic E-state index is 0. The summed E-state index contributed by atoms with van der Waals surface area (Å²) in [6.07, 6.45) is 2.62. The Kier molecular flexibility index (Phi) is 11.4. The number of halogens is 1. The largest absolute Gasteiger partial charge is 0.497 e. The van der Waals surface area contributed by atoms with Crippen LogP contribution in [0.4, 0.5) is 0 Å². The SMILES string of the molecule is CCNC(=NCCCN1CCCC1=O)N1CCN(Cc2cc(OC)ccc2OC)CC1.I. The second-order valence-corrected chi connectivity index (χ2v) is 8.01. The Hall–Kier alpha value is -1.75. The van der Waals surface area contributed by atoms with Gasteiger partial charge in [-0.1, -0.05) is 0 Å². The van der Waals surface area contributed by atoms with E-state index in [9.17, 15) is 4.79 Å². The molecule has 9 heteroatoms. The van der Waals surface area contributed by atoms with Gasteiger partial charge in [-0.05, 0) is 38.0 Å². The number of nitrogens with zero attached hydrogens (tertiary/aromatic N) is 4. The van der Waals surface area contributed by atoms with E-state index in [-0.39, 0.29) is 24.0 Å². The number of carbonyl (C=O) groups is 1. The summed E-state index contributed by atoms with van der Waals surface area (Å²) in [5.74, 6) is 3.02. The molecule has 0 spiro atoms. The van der Waals surface area contributed by atoms with Crippen LogP contribution in [0.1, 0.15) is 31.7 Å². The molecule has 8 nitrogen and oxygen atoms in total. The Morgan fingerprint density at radius 2 is 1.91 bits per heavy atom. The molecule has 2 heterocycles. The number of benzene rings is 1. The number of guanidine groups is 1. The number of methoxy groups -OCH3 is 2. The average Bonchev–Trinajstić information content (AvgIpc) is 3.21. The van der Waals surface area contributed by atoms with Crippen LogP contribution < -0.4 is 14.8 Å². The lowest BCUT2D eigenvalue weighted by Gasteiger charge is -2.36. The zero-order chi connectivity index (χ0) is 22.1. The number of nitrogens with one attached hydrogen (secondary N) is 1. The molecule has 1 amide bonds. The first-order valence-electron chi connectivity index (χ1n) is 11.4. The van der Waals surface area contributed by atoms with E-state index in [2.05, 4.69) is 28.1 Å². The van der Waals surface area contributed by atoms with E-state index in [0.717, 1.165) is 94.8 Å². The van der Waals surface area contributed by atoms with Crippen molar-refractivity contribution in [1.82, 2.24) is 20.0 Å². The standard InChI is InChI=1S/C23H37N5O3.HI/c1-4-24-23(25-10-6-12-27-11-5-7-22(27)29)28-15-13-26(14-16-28)18-19-17-20(30-2)8-9-21(19)31-3;/h8-9,17H,4-7,10-16,18H2,1-3H3,(H,24,25);1H. The molecule has 0 unspecified atom stereocenters. The van der Waals surface area contributed by atoms with Gasteiger partial charge in [0, 0.05) is 70.9 Å². The summed E-state index contributed by atoms with van der Waals surface area (Å²) in [6.45, 7) is 10.1. The normalized spacial score (nSPS) is 17.3. The molecule has 32 heavy (non-hydrogen) atoms. The molecular weight excluding hydrogens is 521 g/mol. The van der Waals surface area contributed by atoms with Crippen molar-refractivity contribution in [2.45, 2.75) is 32.7 Å². The molecule has 0 aliphatic carbocycles. The van der Waals surface area contributed by atoms with Gasteiger partial charge in [-0.25, -0.2) is 0 Å². The predicted molar refractivity (Wildman–Crippen MR) is 138 cm³/mol. The molecule has 0 bridgehead atoms. The van der Waals surface area contributed by atoms with Crippen LogP contribution in [0.5, 0.6) is 11.5 Å². The van der Waals surface area contributed by atoms with Gasteiger partial charge in [0.2, 0.25) is 5.91 Å². The fourth-order valence-electron chi connectivity index (χ4n) is 4.18. The van der Waals surface area contributed by atoms with Gasteiger partial charge in [0.05, 0.1) is 14.2 Å². The number of hydrogen-bond acceptors (Lipinski definition) is 5. The van der Waals surface area contributed by atoms with E-state index < -0.39 is 0 Å². The smallest absolute Gasteiger partial charge is 0.222 e. The highest BCUT2D eigenvalue weighted by Gasteiger charge is 2.21. The number of rotatable bonds is 9. The van der Waals surface area contributed by atoms with Crippen LogP contribution in [0.15, 0.2) is 23.2 Å². The fraction of sp³-hybridized carbons (Fsp3) is 0.652. The Morgan fingerprint density at radius 1 is 1.12 bits per heavy atom. The zero-order valence-electron chi connectivity index (χ0n) is 19.6. The molecule has 2 aliphatic heterocycles. The van der Waals surface area contributed by atoms with Gasteiger partial charge in [0.25, 0.3) is 0 Å². The summed E-state index contributed by atoms with van der Waals surface area (Å²) in [5, 5.41) is 3.43. The highest BCUT2D eigenvalue weighted by Crippen LogP contribution is 2.25. The first-order chi connectivity index (χ1) is 15.1. The second-order valence-electron chi connectivity index (χ2n) is 8.01. The molecular formula is C23H38IN5O3. The third-order valence-corrected chi connectivity index (χ3v) is 5.91. The lowest BCUT2D eigenvalue weighted by molar-refractivity contribution is -0.127. The van der Waals surface area contributed by atoms with Crippen LogP contribution in [-0.2, 0) is 11.3 Å². The maximum atomic E-state index is 11.7. The summed E-state index contributed by atoms with van der Waals surface area (Å²) in [5.41, 5.74) is 1.15. The van der Waals surface area contributed by atoms with E-state index in [4.69, 9.17) is 14.5 Å². The summed E-state index contributed by atoms with van der Waals surface area (Å²) in [7, 11) is 3.40. The van der Waals surface area contributed by atoms with Crippen LogP contribution in [0.2, 0.25) is 0 Å². The third-order valence-electron chi connectivity index (χ3n) is 5.91. The molecule has 0 radical (unpaired) electrons. The fourth-order valence-corrected chi connectivity index (χ4v) is 4.18. The van der Waals surface area contributed by atoms with Crippen LogP contribution in [0.3, 0.4) is 0 Å². The van der Waals surface area contributed by atoms with Crippen molar-refractivity contribution in [3.8, 4) is 11.5 Å². The second kappa shape index (κ2) is 13.7. The maximum absolute atomic E-state index is 11.7. The lowest BCUT2D eigenvalue weighted by atomic mass is 10.1. The Morgan fingerprint density at radius 3 is 2.53 bits per heavy atom. The summed E-state index contributed by atoms with van der Waals surface area (Å²) in [6, 6.07) is 5.96. The zero-order valence-corrected chi connectivity index (χ0v) is 22.0. The topological polar surface area (TPSA) is 69.6 Å². The van der Waals surface area contributed by atoms with E-state index in [1.54, 1.807) is 14.2 Å². The summed E-state index contributed by atoms with van der Waals surface area (Å²) < 4.78 is 10.9. The third kappa shape index (κ3) is 7.40. The number of aliphatic imine (C=N–C) groups is 1. The average molecular weight is 559 g/mol. The molecule has 180 valence electrons. The molecule has 1 aromatic carbocycles. The minimum absolute atomic E-state index is 0. The van der Waals surface area contributed by atoms with Crippen molar-refractivity contribution in [1.29, 1.82) is 0 Å². The number of amides is 1. The number of ether oxygens (including phenoxy) is 2. The number of piperazine rings is 1. The van der Waals surface area contributed by atoms with Crippen molar-refractivity contribution < 1.29 is 14.3 Å². The Labute approximate surface area is 209 Å². The Bertz CT molecular complexity index is 753. The van der Waals surface area contributed by atoms with Crippen molar-refractivity contribution in [3.05, 3.63) is 23.8 Å². The molecule has 1 aromatic rings. The van der Waals surface area contributed by atoms with Crippen molar-refractivity contribution in [2.24, 2.45) is 4.99 Å². The van der Waals surface area contributed by atoms with Crippen molar-refractivity contribution in [3.63, 3.8) is 0 Å². The van der Waals surface area contributed by atoms with Gasteiger partial charge >= 0.3 is 0 Å². The summed E-state index contributed by atoms with van der Waals surface area (Å²) >= 11 is 0. The van der Waals surface area contributed by atoms with Crippen LogP contribution in [0, 0.1) is 0 Å². The summed E-state index contributed by atoms with van der Waals surface area (Å²) in [4.78, 5) is 23.3. The molecule has 1 N–H and O–H groups in total. The van der Waals surface area contributed by atoms with Gasteiger partial charge in [-0.3, -0.25) is 14.7 Å². The van der Waals surface area contributed by atoms with Crippen LogP contribution >= 0.6 is 24.0 Å². The molecule has 0 atom stereocenters. The van der Waals surface area contributed by atoms with Crippen LogP contribution in [0.25, 0.3) is 0 Å². The van der Waals surface area contributed by atoms with Gasteiger partial charge in [0.1, 0.15) is 11.5 Å². The van der Waals surface area contributed by atoms with Gasteiger partial charge in [-0.15, -0.1) is 24.0 Å². The predicted octanol–water partition coefficient (Wildman–Crippen LogP) is 2.42. The molecule has 0 saturated carbocycles. The van der Waals surface area contributed by atoms with E-state index >= 15 is 0 Å². The van der Waals surface area contributed by atoms with Crippen LogP contribution in [-0.4, -0.2) is 93.1 Å². The van der Waals surface area contributed by atoms with Gasteiger partial charge < -0.3 is 24.6 Å². The molecule has 2 fully saturated rings. The lowest BCUT2D eigenvalue weighted by Crippen LogP contribution is -2.52.